The molecule has 1 saturated heterocycles. The number of likely N-dealkylation sites (tertiary alicyclic amines) is 1. The van der Waals surface area contributed by atoms with Crippen molar-refractivity contribution in [2.24, 2.45) is 11.8 Å². The maximum Gasteiger partial charge on any atom is 0.320 e. The molecule has 1 heterocycles. The molecule has 2 aliphatic rings. The zero-order valence-corrected chi connectivity index (χ0v) is 10.4. The summed E-state index contributed by atoms with van der Waals surface area (Å²) in [7, 11) is 0. The van der Waals surface area contributed by atoms with Crippen molar-refractivity contribution in [3.05, 3.63) is 0 Å². The van der Waals surface area contributed by atoms with Gasteiger partial charge in [0.15, 0.2) is 0 Å². The second-order valence-electron chi connectivity index (χ2n) is 5.72. The summed E-state index contributed by atoms with van der Waals surface area (Å²) in [4.78, 5) is 13.4. The summed E-state index contributed by atoms with van der Waals surface area (Å²) in [6.45, 7) is 5.53. The number of carboxylic acid groups (broad SMARTS) is 1. The normalized spacial score (nSPS) is 36.1. The van der Waals surface area contributed by atoms with Crippen LogP contribution >= 0.6 is 0 Å². The highest BCUT2D eigenvalue weighted by Crippen LogP contribution is 2.39. The summed E-state index contributed by atoms with van der Waals surface area (Å²) >= 11 is 0. The van der Waals surface area contributed by atoms with Crippen molar-refractivity contribution in [3.63, 3.8) is 0 Å². The number of aliphatic carboxylic acids is 1. The Balaban J connectivity index is 1.90. The van der Waals surface area contributed by atoms with E-state index in [1.807, 2.05) is 0 Å². The third-order valence-electron chi connectivity index (χ3n) is 4.39. The van der Waals surface area contributed by atoms with E-state index in [0.717, 1.165) is 31.2 Å². The minimum Gasteiger partial charge on any atom is -0.480 e. The van der Waals surface area contributed by atoms with Crippen LogP contribution < -0.4 is 0 Å². The van der Waals surface area contributed by atoms with Crippen molar-refractivity contribution in [1.29, 1.82) is 0 Å². The van der Waals surface area contributed by atoms with Gasteiger partial charge in [0, 0.05) is 6.04 Å². The number of nitrogens with zero attached hydrogens (tertiary/aromatic N) is 1. The summed E-state index contributed by atoms with van der Waals surface area (Å²) in [6.07, 6.45) is 5.52. The molecule has 1 aliphatic carbocycles. The first-order valence-electron chi connectivity index (χ1n) is 6.58. The van der Waals surface area contributed by atoms with E-state index in [1.54, 1.807) is 0 Å². The van der Waals surface area contributed by atoms with Crippen LogP contribution in [0.15, 0.2) is 0 Å². The largest absolute Gasteiger partial charge is 0.480 e. The van der Waals surface area contributed by atoms with E-state index >= 15 is 0 Å². The van der Waals surface area contributed by atoms with Gasteiger partial charge in [-0.05, 0) is 44.1 Å². The first-order valence-corrected chi connectivity index (χ1v) is 6.58. The molecule has 16 heavy (non-hydrogen) atoms. The van der Waals surface area contributed by atoms with E-state index in [4.69, 9.17) is 0 Å². The van der Waals surface area contributed by atoms with Crippen LogP contribution in [0.25, 0.3) is 0 Å². The molecule has 0 bridgehead atoms. The molecule has 0 amide bonds. The summed E-state index contributed by atoms with van der Waals surface area (Å²) < 4.78 is 0. The Hall–Kier alpha value is -0.570. The third kappa shape index (κ3) is 2.24. The van der Waals surface area contributed by atoms with Crippen molar-refractivity contribution in [1.82, 2.24) is 4.90 Å². The van der Waals surface area contributed by atoms with Crippen molar-refractivity contribution < 1.29 is 9.90 Å². The smallest absolute Gasteiger partial charge is 0.320 e. The number of carbonyl (C=O) groups is 1. The van der Waals surface area contributed by atoms with Crippen molar-refractivity contribution in [2.75, 3.05) is 6.54 Å². The van der Waals surface area contributed by atoms with Gasteiger partial charge < -0.3 is 5.11 Å². The van der Waals surface area contributed by atoms with Crippen LogP contribution in [0, 0.1) is 11.8 Å². The molecule has 0 spiro atoms. The molecule has 3 heteroatoms. The minimum atomic E-state index is -0.618. The van der Waals surface area contributed by atoms with Crippen LogP contribution in [0.4, 0.5) is 0 Å². The maximum absolute atomic E-state index is 11.2. The van der Waals surface area contributed by atoms with E-state index in [1.165, 1.54) is 19.3 Å². The highest BCUT2D eigenvalue weighted by molar-refractivity contribution is 5.73. The van der Waals surface area contributed by atoms with Crippen LogP contribution in [0.1, 0.15) is 46.0 Å². The molecule has 1 atom stereocenters. The van der Waals surface area contributed by atoms with Crippen molar-refractivity contribution in [3.8, 4) is 0 Å². The third-order valence-corrected chi connectivity index (χ3v) is 4.39. The molecule has 0 radical (unpaired) electrons. The first-order chi connectivity index (χ1) is 7.59. The van der Waals surface area contributed by atoms with E-state index < -0.39 is 5.97 Å². The van der Waals surface area contributed by atoms with Gasteiger partial charge in [-0.1, -0.05) is 20.3 Å². The van der Waals surface area contributed by atoms with Gasteiger partial charge in [0.2, 0.25) is 0 Å². The van der Waals surface area contributed by atoms with E-state index in [9.17, 15) is 9.90 Å². The standard InChI is InChI=1S/C13H23NO2/c1-9(2)10-7-11(8-10)14-6-4-3-5-12(14)13(15)16/h9-12H,3-8H2,1-2H3,(H,15,16). The first kappa shape index (κ1) is 11.9. The molecule has 2 rings (SSSR count). The quantitative estimate of drug-likeness (QED) is 0.801. The highest BCUT2D eigenvalue weighted by atomic mass is 16.4. The maximum atomic E-state index is 11.2. The van der Waals surface area contributed by atoms with Crippen LogP contribution in [0.3, 0.4) is 0 Å². The van der Waals surface area contributed by atoms with Gasteiger partial charge >= 0.3 is 5.97 Å². The van der Waals surface area contributed by atoms with Crippen LogP contribution in [0.2, 0.25) is 0 Å². The van der Waals surface area contributed by atoms with Gasteiger partial charge in [0.25, 0.3) is 0 Å². The Morgan fingerprint density at radius 3 is 2.56 bits per heavy atom. The SMILES string of the molecule is CC(C)C1CC(N2CCCCC2C(=O)O)C1. The molecule has 92 valence electrons. The zero-order chi connectivity index (χ0) is 11.7. The van der Waals surface area contributed by atoms with Crippen molar-refractivity contribution in [2.45, 2.75) is 58.0 Å². The van der Waals surface area contributed by atoms with Gasteiger partial charge in [0.05, 0.1) is 0 Å². The number of carboxylic acids is 1. The Labute approximate surface area is 97.8 Å². The molecule has 1 saturated carbocycles. The Morgan fingerprint density at radius 1 is 1.31 bits per heavy atom. The molecule has 0 aromatic rings. The van der Waals surface area contributed by atoms with Gasteiger partial charge in [-0.3, -0.25) is 9.69 Å². The lowest BCUT2D eigenvalue weighted by atomic mass is 9.72. The van der Waals surface area contributed by atoms with Gasteiger partial charge in [-0.15, -0.1) is 0 Å². The molecule has 3 nitrogen and oxygen atoms in total. The average molecular weight is 225 g/mol. The second kappa shape index (κ2) is 4.74. The zero-order valence-electron chi connectivity index (χ0n) is 10.4. The average Bonchev–Trinajstić information content (AvgIpc) is 2.15. The minimum absolute atomic E-state index is 0.202. The number of rotatable bonds is 3. The van der Waals surface area contributed by atoms with Crippen LogP contribution in [-0.4, -0.2) is 34.6 Å². The molecular formula is C13H23NO2. The molecule has 1 aliphatic heterocycles. The van der Waals surface area contributed by atoms with Gasteiger partial charge in [-0.2, -0.15) is 0 Å². The fraction of sp³-hybridized carbons (Fsp3) is 0.923. The summed E-state index contributed by atoms with van der Waals surface area (Å²) in [5, 5.41) is 9.21. The fourth-order valence-electron chi connectivity index (χ4n) is 3.10. The van der Waals surface area contributed by atoms with Crippen molar-refractivity contribution >= 4 is 5.97 Å². The Bertz CT molecular complexity index is 259. The lowest BCUT2D eigenvalue weighted by Gasteiger charge is -2.48. The Kier molecular flexibility index (Phi) is 3.53. The van der Waals surface area contributed by atoms with Gasteiger partial charge in [0.1, 0.15) is 6.04 Å². The molecule has 0 aromatic heterocycles. The second-order valence-corrected chi connectivity index (χ2v) is 5.72. The molecule has 1 N–H and O–H groups in total. The predicted octanol–water partition coefficient (Wildman–Crippen LogP) is 2.36. The van der Waals surface area contributed by atoms with E-state index in [0.29, 0.717) is 6.04 Å². The van der Waals surface area contributed by atoms with E-state index in [2.05, 4.69) is 18.7 Å². The van der Waals surface area contributed by atoms with Gasteiger partial charge in [-0.25, -0.2) is 0 Å². The summed E-state index contributed by atoms with van der Waals surface area (Å²) in [6, 6.07) is 0.348. The summed E-state index contributed by atoms with van der Waals surface area (Å²) in [5.74, 6) is 0.957. The molecular weight excluding hydrogens is 202 g/mol. The summed E-state index contributed by atoms with van der Waals surface area (Å²) in [5.41, 5.74) is 0. The topological polar surface area (TPSA) is 40.5 Å². The fourth-order valence-corrected chi connectivity index (χ4v) is 3.10. The molecule has 1 unspecified atom stereocenters. The number of hydrogen-bond donors (Lipinski definition) is 1. The molecule has 2 fully saturated rings. The van der Waals surface area contributed by atoms with E-state index in [-0.39, 0.29) is 6.04 Å². The predicted molar refractivity (Wildman–Crippen MR) is 63.3 cm³/mol. The van der Waals surface area contributed by atoms with Crippen LogP contribution in [0.5, 0.6) is 0 Å². The number of hydrogen-bond acceptors (Lipinski definition) is 2. The Morgan fingerprint density at radius 2 is 2.00 bits per heavy atom. The number of piperidine rings is 1. The monoisotopic (exact) mass is 225 g/mol. The lowest BCUT2D eigenvalue weighted by molar-refractivity contribution is -0.147. The highest BCUT2D eigenvalue weighted by Gasteiger charge is 2.40. The lowest BCUT2D eigenvalue weighted by Crippen LogP contribution is -2.55. The van der Waals surface area contributed by atoms with Crippen LogP contribution in [-0.2, 0) is 4.79 Å². The molecule has 0 aromatic carbocycles.